The van der Waals surface area contributed by atoms with Gasteiger partial charge in [-0.3, -0.25) is 9.69 Å². The van der Waals surface area contributed by atoms with E-state index in [2.05, 4.69) is 32.7 Å². The minimum atomic E-state index is 0.0477. The molecule has 3 rings (SSSR count). The Labute approximate surface area is 121 Å². The molecular weight excluding hydrogens is 306 g/mol. The molecule has 5 heteroatoms. The Morgan fingerprint density at radius 1 is 1.47 bits per heavy atom. The molecule has 0 aliphatic carbocycles. The van der Waals surface area contributed by atoms with Crippen molar-refractivity contribution in [1.29, 1.82) is 0 Å². The fourth-order valence-electron chi connectivity index (χ4n) is 3.15. The summed E-state index contributed by atoms with van der Waals surface area (Å²) >= 11 is 3.42. The van der Waals surface area contributed by atoms with Gasteiger partial charge in [0.2, 0.25) is 0 Å². The molecule has 0 aromatic carbocycles. The SMILES string of the molecule is CC1CN2CCCC2CN1C(=O)c1ncccc1Br. The van der Waals surface area contributed by atoms with E-state index in [4.69, 9.17) is 0 Å². The van der Waals surface area contributed by atoms with Gasteiger partial charge < -0.3 is 4.90 Å². The number of aromatic nitrogens is 1. The summed E-state index contributed by atoms with van der Waals surface area (Å²) in [5.41, 5.74) is 0.529. The molecule has 102 valence electrons. The summed E-state index contributed by atoms with van der Waals surface area (Å²) in [4.78, 5) is 21.4. The molecule has 2 fully saturated rings. The van der Waals surface area contributed by atoms with Gasteiger partial charge in [-0.05, 0) is 54.4 Å². The first-order valence-electron chi connectivity index (χ1n) is 6.82. The first-order chi connectivity index (χ1) is 9.16. The van der Waals surface area contributed by atoms with Gasteiger partial charge in [-0.1, -0.05) is 0 Å². The number of piperazine rings is 1. The fourth-order valence-corrected chi connectivity index (χ4v) is 3.57. The molecule has 3 heterocycles. The molecule has 0 saturated carbocycles. The highest BCUT2D eigenvalue weighted by Crippen LogP contribution is 2.26. The lowest BCUT2D eigenvalue weighted by molar-refractivity contribution is 0.0389. The van der Waals surface area contributed by atoms with Crippen LogP contribution in [-0.4, -0.2) is 52.4 Å². The average Bonchev–Trinajstić information content (AvgIpc) is 2.84. The molecule has 2 atom stereocenters. The second-order valence-corrected chi connectivity index (χ2v) is 6.29. The van der Waals surface area contributed by atoms with Gasteiger partial charge in [0.15, 0.2) is 0 Å². The second kappa shape index (κ2) is 5.21. The summed E-state index contributed by atoms with van der Waals surface area (Å²) in [5, 5.41) is 0. The molecule has 2 saturated heterocycles. The Bertz CT molecular complexity index is 493. The third-order valence-corrected chi connectivity index (χ3v) is 4.80. The van der Waals surface area contributed by atoms with Crippen LogP contribution < -0.4 is 0 Å². The molecule has 0 bridgehead atoms. The number of carbonyl (C=O) groups excluding carboxylic acids is 1. The van der Waals surface area contributed by atoms with E-state index in [-0.39, 0.29) is 11.9 Å². The fraction of sp³-hybridized carbons (Fsp3) is 0.571. The average molecular weight is 324 g/mol. The molecule has 0 N–H and O–H groups in total. The first-order valence-corrected chi connectivity index (χ1v) is 7.61. The summed E-state index contributed by atoms with van der Waals surface area (Å²) in [5.74, 6) is 0.0477. The summed E-state index contributed by atoms with van der Waals surface area (Å²) in [6.07, 6.45) is 4.14. The maximum Gasteiger partial charge on any atom is 0.273 e. The van der Waals surface area contributed by atoms with Gasteiger partial charge in [-0.2, -0.15) is 0 Å². The first kappa shape index (κ1) is 13.1. The van der Waals surface area contributed by atoms with E-state index in [0.29, 0.717) is 11.7 Å². The predicted molar refractivity (Wildman–Crippen MR) is 77.0 cm³/mol. The van der Waals surface area contributed by atoms with Gasteiger partial charge in [0.05, 0.1) is 0 Å². The van der Waals surface area contributed by atoms with E-state index in [1.165, 1.54) is 19.4 Å². The highest BCUT2D eigenvalue weighted by Gasteiger charge is 2.37. The quantitative estimate of drug-likeness (QED) is 0.794. The zero-order valence-electron chi connectivity index (χ0n) is 11.1. The predicted octanol–water partition coefficient (Wildman–Crippen LogP) is 2.15. The molecule has 0 spiro atoms. The van der Waals surface area contributed by atoms with Gasteiger partial charge in [0, 0.05) is 35.8 Å². The maximum atomic E-state index is 12.6. The van der Waals surface area contributed by atoms with Crippen molar-refractivity contribution in [3.8, 4) is 0 Å². The lowest BCUT2D eigenvalue weighted by Gasteiger charge is -2.42. The highest BCUT2D eigenvalue weighted by molar-refractivity contribution is 9.10. The molecular formula is C14H18BrN3O. The maximum absolute atomic E-state index is 12.6. The molecule has 2 aliphatic rings. The van der Waals surface area contributed by atoms with E-state index >= 15 is 0 Å². The van der Waals surface area contributed by atoms with Crippen molar-refractivity contribution in [3.05, 3.63) is 28.5 Å². The van der Waals surface area contributed by atoms with Gasteiger partial charge in [0.1, 0.15) is 5.69 Å². The Kier molecular flexibility index (Phi) is 3.58. The number of hydrogen-bond donors (Lipinski definition) is 0. The number of carbonyl (C=O) groups is 1. The number of halogens is 1. The largest absolute Gasteiger partial charge is 0.332 e. The smallest absolute Gasteiger partial charge is 0.273 e. The van der Waals surface area contributed by atoms with Crippen LogP contribution in [0.5, 0.6) is 0 Å². The lowest BCUT2D eigenvalue weighted by atomic mass is 10.1. The van der Waals surface area contributed by atoms with Gasteiger partial charge in [0.25, 0.3) is 5.91 Å². The van der Waals surface area contributed by atoms with E-state index in [0.717, 1.165) is 17.6 Å². The third-order valence-electron chi connectivity index (χ3n) is 4.16. The van der Waals surface area contributed by atoms with Crippen LogP contribution >= 0.6 is 15.9 Å². The van der Waals surface area contributed by atoms with Gasteiger partial charge >= 0.3 is 0 Å². The summed E-state index contributed by atoms with van der Waals surface area (Å²) < 4.78 is 0.779. The zero-order chi connectivity index (χ0) is 13.4. The van der Waals surface area contributed by atoms with Crippen LogP contribution in [0, 0.1) is 0 Å². The number of rotatable bonds is 1. The van der Waals surface area contributed by atoms with Gasteiger partial charge in [-0.15, -0.1) is 0 Å². The normalized spacial score (nSPS) is 27.4. The lowest BCUT2D eigenvalue weighted by Crippen LogP contribution is -2.56. The Morgan fingerprint density at radius 2 is 2.32 bits per heavy atom. The molecule has 2 unspecified atom stereocenters. The minimum absolute atomic E-state index is 0.0477. The number of pyridine rings is 1. The van der Waals surface area contributed by atoms with Crippen molar-refractivity contribution in [2.45, 2.75) is 31.8 Å². The van der Waals surface area contributed by atoms with Crippen molar-refractivity contribution in [3.63, 3.8) is 0 Å². The third kappa shape index (κ3) is 2.41. The molecule has 19 heavy (non-hydrogen) atoms. The van der Waals surface area contributed by atoms with E-state index in [1.807, 2.05) is 17.0 Å². The standard InChI is InChI=1S/C14H18BrN3O/c1-10-8-17-7-3-4-11(17)9-18(10)14(19)13-12(15)5-2-6-16-13/h2,5-6,10-11H,3-4,7-9H2,1H3. The van der Waals surface area contributed by atoms with Crippen molar-refractivity contribution >= 4 is 21.8 Å². The van der Waals surface area contributed by atoms with Crippen LogP contribution in [0.3, 0.4) is 0 Å². The van der Waals surface area contributed by atoms with Crippen molar-refractivity contribution < 1.29 is 4.79 Å². The second-order valence-electron chi connectivity index (χ2n) is 5.43. The minimum Gasteiger partial charge on any atom is -0.332 e. The van der Waals surface area contributed by atoms with E-state index in [9.17, 15) is 4.79 Å². The summed E-state index contributed by atoms with van der Waals surface area (Å²) in [7, 11) is 0. The van der Waals surface area contributed by atoms with Gasteiger partial charge in [-0.25, -0.2) is 4.98 Å². The monoisotopic (exact) mass is 323 g/mol. The molecule has 1 aromatic heterocycles. The van der Waals surface area contributed by atoms with Crippen molar-refractivity contribution in [1.82, 2.24) is 14.8 Å². The van der Waals surface area contributed by atoms with Crippen LogP contribution in [0.2, 0.25) is 0 Å². The number of nitrogens with zero attached hydrogens (tertiary/aromatic N) is 3. The molecule has 4 nitrogen and oxygen atoms in total. The molecule has 1 aromatic rings. The highest BCUT2D eigenvalue weighted by atomic mass is 79.9. The summed E-state index contributed by atoms with van der Waals surface area (Å²) in [6, 6.07) is 4.51. The number of amides is 1. The van der Waals surface area contributed by atoms with Crippen LogP contribution in [0.25, 0.3) is 0 Å². The van der Waals surface area contributed by atoms with E-state index < -0.39 is 0 Å². The van der Waals surface area contributed by atoms with Crippen molar-refractivity contribution in [2.75, 3.05) is 19.6 Å². The number of hydrogen-bond acceptors (Lipinski definition) is 3. The van der Waals surface area contributed by atoms with Crippen LogP contribution in [0.4, 0.5) is 0 Å². The summed E-state index contributed by atoms with van der Waals surface area (Å²) in [6.45, 7) is 5.14. The Morgan fingerprint density at radius 3 is 3.11 bits per heavy atom. The van der Waals surface area contributed by atoms with Crippen LogP contribution in [0.1, 0.15) is 30.3 Å². The number of fused-ring (bicyclic) bond motifs is 1. The molecule has 0 radical (unpaired) electrons. The zero-order valence-corrected chi connectivity index (χ0v) is 12.6. The van der Waals surface area contributed by atoms with Crippen molar-refractivity contribution in [2.24, 2.45) is 0 Å². The molecule has 1 amide bonds. The molecule has 2 aliphatic heterocycles. The van der Waals surface area contributed by atoms with E-state index in [1.54, 1.807) is 6.20 Å². The Hall–Kier alpha value is -0.940. The Balaban J connectivity index is 1.81. The topological polar surface area (TPSA) is 36.4 Å². The van der Waals surface area contributed by atoms with Crippen LogP contribution in [0.15, 0.2) is 22.8 Å². The van der Waals surface area contributed by atoms with Crippen LogP contribution in [-0.2, 0) is 0 Å².